The maximum absolute atomic E-state index is 5.17. The minimum Gasteiger partial charge on any atom is -0.261 e. The molecule has 7 aromatic carbocycles. The molecular formula is C49H36N2. The topological polar surface area (TPSA) is 25.8 Å². The fourth-order valence-corrected chi connectivity index (χ4v) is 7.37. The quantitative estimate of drug-likeness (QED) is 0.167. The summed E-state index contributed by atoms with van der Waals surface area (Å²) in [4.78, 5) is 9.87. The minimum absolute atomic E-state index is 0.332. The Morgan fingerprint density at radius 3 is 1.29 bits per heavy atom. The van der Waals surface area contributed by atoms with Crippen molar-refractivity contribution in [2.75, 3.05) is 0 Å². The third-order valence-electron chi connectivity index (χ3n) is 10.0. The zero-order chi connectivity index (χ0) is 34.3. The second-order valence-electron chi connectivity index (χ2n) is 13.6. The van der Waals surface area contributed by atoms with Gasteiger partial charge in [-0.15, -0.1) is 0 Å². The molecule has 51 heavy (non-hydrogen) atoms. The molecule has 2 nitrogen and oxygen atoms in total. The van der Waals surface area contributed by atoms with Gasteiger partial charge in [-0.25, -0.2) is 4.98 Å². The van der Waals surface area contributed by atoms with E-state index in [1.165, 1.54) is 43.4 Å². The lowest BCUT2D eigenvalue weighted by Crippen LogP contribution is -1.94. The molecule has 0 radical (unpaired) electrons. The molecule has 9 aromatic rings. The minimum atomic E-state index is 0.332. The highest BCUT2D eigenvalue weighted by molar-refractivity contribution is 6.25. The van der Waals surface area contributed by atoms with E-state index in [2.05, 4.69) is 184 Å². The Labute approximate surface area is 298 Å². The van der Waals surface area contributed by atoms with Crippen LogP contribution < -0.4 is 0 Å². The average molecular weight is 653 g/mol. The molecule has 0 N–H and O–H groups in total. The molecule has 242 valence electrons. The highest BCUT2D eigenvalue weighted by Gasteiger charge is 2.15. The third kappa shape index (κ3) is 5.75. The van der Waals surface area contributed by atoms with Crippen molar-refractivity contribution in [3.05, 3.63) is 182 Å². The zero-order valence-corrected chi connectivity index (χ0v) is 28.7. The molecule has 9 rings (SSSR count). The number of hydrogen-bond acceptors (Lipinski definition) is 2. The van der Waals surface area contributed by atoms with Crippen molar-refractivity contribution in [1.82, 2.24) is 9.97 Å². The molecular weight excluding hydrogens is 617 g/mol. The first kappa shape index (κ1) is 30.7. The van der Waals surface area contributed by atoms with Crippen molar-refractivity contribution in [3.63, 3.8) is 0 Å². The van der Waals surface area contributed by atoms with Crippen LogP contribution in [0.1, 0.15) is 25.5 Å². The fraction of sp³-hybridized carbons (Fsp3) is 0.0612. The molecule has 0 amide bonds. The first-order valence-electron chi connectivity index (χ1n) is 17.7. The zero-order valence-electron chi connectivity index (χ0n) is 28.7. The molecule has 0 bridgehead atoms. The standard InChI is InChI=1S/C49H36N2/c1-32(2)47-29-36(23-24-50-47)38-25-37(35-21-22-45-43-19-10-9-17-41(43)42-18-11-12-20-44(42)46(45)28-35)26-39(27-38)40-30-48(33-13-5-3-6-14-33)51-49(31-40)34-15-7-4-8-16-34/h3-32H,1-2H3. The number of hydrogen-bond donors (Lipinski definition) is 0. The van der Waals surface area contributed by atoms with Crippen molar-refractivity contribution in [2.24, 2.45) is 0 Å². The summed E-state index contributed by atoms with van der Waals surface area (Å²) in [6.45, 7) is 4.40. The number of pyridine rings is 2. The predicted octanol–water partition coefficient (Wildman–Crippen LogP) is 13.4. The van der Waals surface area contributed by atoms with Gasteiger partial charge in [0, 0.05) is 23.0 Å². The maximum atomic E-state index is 5.17. The molecule has 2 heteroatoms. The molecule has 0 aliphatic heterocycles. The average Bonchev–Trinajstić information content (AvgIpc) is 3.21. The molecule has 0 spiro atoms. The number of fused-ring (bicyclic) bond motifs is 6. The molecule has 0 aliphatic carbocycles. The summed E-state index contributed by atoms with van der Waals surface area (Å²) in [5.74, 6) is 0.332. The number of benzene rings is 7. The van der Waals surface area contributed by atoms with E-state index in [9.17, 15) is 0 Å². The van der Waals surface area contributed by atoms with Gasteiger partial charge >= 0.3 is 0 Å². The van der Waals surface area contributed by atoms with Gasteiger partial charge in [0.1, 0.15) is 0 Å². The van der Waals surface area contributed by atoms with Crippen LogP contribution in [0.25, 0.3) is 88.2 Å². The van der Waals surface area contributed by atoms with E-state index in [1.807, 2.05) is 6.20 Å². The van der Waals surface area contributed by atoms with Gasteiger partial charge in [-0.1, -0.05) is 135 Å². The molecule has 2 aromatic heterocycles. The Kier molecular flexibility index (Phi) is 7.71. The SMILES string of the molecule is CC(C)c1cc(-c2cc(-c3cc(-c4ccccc4)nc(-c4ccccc4)c3)cc(-c3ccc4c5ccccc5c5ccccc5c4c3)c2)ccn1. The van der Waals surface area contributed by atoms with E-state index < -0.39 is 0 Å². The Bertz CT molecular complexity index is 2620. The van der Waals surface area contributed by atoms with Crippen LogP contribution in [-0.2, 0) is 0 Å². The summed E-state index contributed by atoms with van der Waals surface area (Å²) in [7, 11) is 0. The van der Waals surface area contributed by atoms with Crippen LogP contribution in [0.3, 0.4) is 0 Å². The van der Waals surface area contributed by atoms with E-state index in [4.69, 9.17) is 9.97 Å². The summed E-state index contributed by atoms with van der Waals surface area (Å²) in [5.41, 5.74) is 12.1. The lowest BCUT2D eigenvalue weighted by Gasteiger charge is -2.16. The van der Waals surface area contributed by atoms with Crippen molar-refractivity contribution < 1.29 is 0 Å². The second-order valence-corrected chi connectivity index (χ2v) is 13.6. The molecule has 0 unspecified atom stereocenters. The Morgan fingerprint density at radius 2 is 0.765 bits per heavy atom. The van der Waals surface area contributed by atoms with Gasteiger partial charge in [0.2, 0.25) is 0 Å². The molecule has 0 saturated carbocycles. The van der Waals surface area contributed by atoms with Crippen molar-refractivity contribution in [1.29, 1.82) is 0 Å². The Balaban J connectivity index is 1.30. The highest BCUT2D eigenvalue weighted by Crippen LogP contribution is 2.40. The van der Waals surface area contributed by atoms with Gasteiger partial charge in [0.05, 0.1) is 11.4 Å². The number of nitrogens with zero attached hydrogens (tertiary/aromatic N) is 2. The van der Waals surface area contributed by atoms with Crippen molar-refractivity contribution in [3.8, 4) is 55.9 Å². The number of rotatable bonds is 6. The third-order valence-corrected chi connectivity index (χ3v) is 10.0. The summed E-state index contributed by atoms with van der Waals surface area (Å²) in [6, 6.07) is 61.3. The summed E-state index contributed by atoms with van der Waals surface area (Å²) in [6.07, 6.45) is 1.94. The van der Waals surface area contributed by atoms with E-state index >= 15 is 0 Å². The van der Waals surface area contributed by atoms with Gasteiger partial charge in [-0.2, -0.15) is 0 Å². The second kappa shape index (κ2) is 12.8. The van der Waals surface area contributed by atoms with Crippen LogP contribution in [0.5, 0.6) is 0 Å². The van der Waals surface area contributed by atoms with Gasteiger partial charge in [0.15, 0.2) is 0 Å². The van der Waals surface area contributed by atoms with Crippen LogP contribution in [0.4, 0.5) is 0 Å². The van der Waals surface area contributed by atoms with Crippen molar-refractivity contribution >= 4 is 32.3 Å². The highest BCUT2D eigenvalue weighted by atomic mass is 14.7. The van der Waals surface area contributed by atoms with E-state index in [0.717, 1.165) is 50.5 Å². The normalized spacial score (nSPS) is 11.5. The number of aromatic nitrogens is 2. The summed E-state index contributed by atoms with van der Waals surface area (Å²) in [5, 5.41) is 7.66. The predicted molar refractivity (Wildman–Crippen MR) is 216 cm³/mol. The lowest BCUT2D eigenvalue weighted by atomic mass is 9.89. The lowest BCUT2D eigenvalue weighted by molar-refractivity contribution is 0.823. The Morgan fingerprint density at radius 1 is 0.333 bits per heavy atom. The smallest absolute Gasteiger partial charge is 0.0715 e. The van der Waals surface area contributed by atoms with E-state index in [0.29, 0.717) is 5.92 Å². The summed E-state index contributed by atoms with van der Waals surface area (Å²) >= 11 is 0. The van der Waals surface area contributed by atoms with Gasteiger partial charge in [-0.3, -0.25) is 4.98 Å². The molecule has 0 fully saturated rings. The first-order valence-corrected chi connectivity index (χ1v) is 17.7. The maximum Gasteiger partial charge on any atom is 0.0715 e. The van der Waals surface area contributed by atoms with Crippen LogP contribution in [0.15, 0.2) is 176 Å². The van der Waals surface area contributed by atoms with Crippen LogP contribution in [-0.4, -0.2) is 9.97 Å². The van der Waals surface area contributed by atoms with E-state index in [-0.39, 0.29) is 0 Å². The molecule has 0 aliphatic rings. The van der Waals surface area contributed by atoms with Crippen LogP contribution >= 0.6 is 0 Å². The molecule has 0 atom stereocenters. The molecule has 2 heterocycles. The van der Waals surface area contributed by atoms with Gasteiger partial charge in [-0.05, 0) is 120 Å². The Hall–Kier alpha value is -6.38. The van der Waals surface area contributed by atoms with Gasteiger partial charge in [0.25, 0.3) is 0 Å². The van der Waals surface area contributed by atoms with Crippen molar-refractivity contribution in [2.45, 2.75) is 19.8 Å². The monoisotopic (exact) mass is 652 g/mol. The van der Waals surface area contributed by atoms with Crippen LogP contribution in [0, 0.1) is 0 Å². The largest absolute Gasteiger partial charge is 0.261 e. The first-order chi connectivity index (χ1) is 25.1. The molecule has 0 saturated heterocycles. The van der Waals surface area contributed by atoms with E-state index in [1.54, 1.807) is 0 Å². The van der Waals surface area contributed by atoms with Gasteiger partial charge < -0.3 is 0 Å². The fourth-order valence-electron chi connectivity index (χ4n) is 7.37. The summed E-state index contributed by atoms with van der Waals surface area (Å²) < 4.78 is 0. The van der Waals surface area contributed by atoms with Crippen LogP contribution in [0.2, 0.25) is 0 Å².